The Morgan fingerprint density at radius 2 is 2.08 bits per heavy atom. The fourth-order valence-corrected chi connectivity index (χ4v) is 4.31. The van der Waals surface area contributed by atoms with Crippen LogP contribution in [0.5, 0.6) is 0 Å². The number of carbonyl (C=O) groups excluding carboxylic acids is 2. The first kappa shape index (κ1) is 17.9. The molecule has 5 nitrogen and oxygen atoms in total. The standard InChI is InChI=1S/C20H28N2O3/c1-25-13-15-11-20(24)22-18-12-16(8-9-17(15)18)21-19(23)10-7-14-5-3-2-4-6-14/h2-6,15-18H,7-13H2,1H3,(H,21,23)(H,22,24). The quantitative estimate of drug-likeness (QED) is 0.830. The molecule has 3 rings (SSSR count). The smallest absolute Gasteiger partial charge is 0.220 e. The minimum Gasteiger partial charge on any atom is -0.384 e. The normalized spacial score (nSPS) is 28.8. The van der Waals surface area contributed by atoms with Gasteiger partial charge in [-0.3, -0.25) is 9.59 Å². The number of fused-ring (bicyclic) bond motifs is 1. The number of hydrogen-bond donors (Lipinski definition) is 2. The molecule has 2 N–H and O–H groups in total. The van der Waals surface area contributed by atoms with Gasteiger partial charge in [0.25, 0.3) is 0 Å². The monoisotopic (exact) mass is 344 g/mol. The van der Waals surface area contributed by atoms with Crippen molar-refractivity contribution in [2.45, 2.75) is 50.6 Å². The number of benzene rings is 1. The fraction of sp³-hybridized carbons (Fsp3) is 0.600. The Morgan fingerprint density at radius 1 is 1.28 bits per heavy atom. The molecule has 5 heteroatoms. The van der Waals surface area contributed by atoms with Gasteiger partial charge in [-0.25, -0.2) is 0 Å². The molecule has 0 aromatic heterocycles. The molecule has 0 spiro atoms. The number of piperidine rings is 1. The predicted octanol–water partition coefficient (Wildman–Crippen LogP) is 2.06. The Bertz CT molecular complexity index is 590. The van der Waals surface area contributed by atoms with Crippen LogP contribution < -0.4 is 10.6 Å². The number of methoxy groups -OCH3 is 1. The highest BCUT2D eigenvalue weighted by Crippen LogP contribution is 2.35. The molecule has 2 aliphatic rings. The van der Waals surface area contributed by atoms with Crippen LogP contribution in [-0.2, 0) is 20.7 Å². The average Bonchev–Trinajstić information content (AvgIpc) is 2.61. The maximum absolute atomic E-state index is 12.3. The summed E-state index contributed by atoms with van der Waals surface area (Å²) in [5.74, 6) is 0.982. The van der Waals surface area contributed by atoms with Gasteiger partial charge in [0, 0.05) is 38.6 Å². The van der Waals surface area contributed by atoms with Crippen molar-refractivity contribution in [1.29, 1.82) is 0 Å². The topological polar surface area (TPSA) is 67.4 Å². The molecule has 4 unspecified atom stereocenters. The van der Waals surface area contributed by atoms with E-state index in [-0.39, 0.29) is 23.9 Å². The van der Waals surface area contributed by atoms with Crippen LogP contribution in [0, 0.1) is 11.8 Å². The lowest BCUT2D eigenvalue weighted by atomic mass is 9.71. The average molecular weight is 344 g/mol. The summed E-state index contributed by atoms with van der Waals surface area (Å²) in [4.78, 5) is 24.2. The van der Waals surface area contributed by atoms with Crippen molar-refractivity contribution in [2.24, 2.45) is 11.8 Å². The van der Waals surface area contributed by atoms with Gasteiger partial charge in [-0.15, -0.1) is 0 Å². The van der Waals surface area contributed by atoms with Gasteiger partial charge in [-0.05, 0) is 43.1 Å². The third-order valence-electron chi connectivity index (χ3n) is 5.53. The molecule has 2 amide bonds. The van der Waals surface area contributed by atoms with Crippen molar-refractivity contribution in [2.75, 3.05) is 13.7 Å². The summed E-state index contributed by atoms with van der Waals surface area (Å²) in [5.41, 5.74) is 1.18. The van der Waals surface area contributed by atoms with E-state index in [0.29, 0.717) is 31.3 Å². The summed E-state index contributed by atoms with van der Waals surface area (Å²) in [6.45, 7) is 0.642. The summed E-state index contributed by atoms with van der Waals surface area (Å²) in [6.07, 6.45) is 4.67. The second-order valence-electron chi connectivity index (χ2n) is 7.32. The lowest BCUT2D eigenvalue weighted by molar-refractivity contribution is -0.128. The van der Waals surface area contributed by atoms with E-state index < -0.39 is 0 Å². The Balaban J connectivity index is 1.48. The molecule has 1 saturated heterocycles. The Kier molecular flexibility index (Phi) is 6.08. The van der Waals surface area contributed by atoms with Gasteiger partial charge in [0.05, 0.1) is 0 Å². The van der Waals surface area contributed by atoms with Crippen LogP contribution >= 0.6 is 0 Å². The van der Waals surface area contributed by atoms with Crippen molar-refractivity contribution in [3.8, 4) is 0 Å². The van der Waals surface area contributed by atoms with Crippen LogP contribution in [0.1, 0.15) is 37.7 Å². The first-order valence-electron chi connectivity index (χ1n) is 9.27. The van der Waals surface area contributed by atoms with Crippen LogP contribution in [-0.4, -0.2) is 37.6 Å². The van der Waals surface area contributed by atoms with E-state index in [2.05, 4.69) is 10.6 Å². The number of nitrogens with one attached hydrogen (secondary N) is 2. The highest BCUT2D eigenvalue weighted by molar-refractivity contribution is 5.78. The van der Waals surface area contributed by atoms with Crippen LogP contribution in [0.4, 0.5) is 0 Å². The third-order valence-corrected chi connectivity index (χ3v) is 5.53. The van der Waals surface area contributed by atoms with Crippen LogP contribution in [0.15, 0.2) is 30.3 Å². The maximum atomic E-state index is 12.3. The zero-order chi connectivity index (χ0) is 17.6. The fourth-order valence-electron chi connectivity index (χ4n) is 4.31. The summed E-state index contributed by atoms with van der Waals surface area (Å²) >= 11 is 0. The molecule has 4 atom stereocenters. The third kappa shape index (κ3) is 4.82. The molecule has 1 aliphatic heterocycles. The van der Waals surface area contributed by atoms with Crippen molar-refractivity contribution in [1.82, 2.24) is 10.6 Å². The van der Waals surface area contributed by atoms with E-state index in [9.17, 15) is 9.59 Å². The first-order valence-corrected chi connectivity index (χ1v) is 9.27. The highest BCUT2D eigenvalue weighted by atomic mass is 16.5. The lowest BCUT2D eigenvalue weighted by Gasteiger charge is -2.43. The molecule has 1 saturated carbocycles. The minimum atomic E-state index is 0.0999. The van der Waals surface area contributed by atoms with Gasteiger partial charge in [-0.1, -0.05) is 30.3 Å². The number of ether oxygens (including phenoxy) is 1. The molecule has 1 aliphatic carbocycles. The second-order valence-corrected chi connectivity index (χ2v) is 7.32. The molecule has 25 heavy (non-hydrogen) atoms. The van der Waals surface area contributed by atoms with Crippen molar-refractivity contribution < 1.29 is 14.3 Å². The molecule has 1 aromatic rings. The van der Waals surface area contributed by atoms with E-state index >= 15 is 0 Å². The van der Waals surface area contributed by atoms with E-state index in [1.54, 1.807) is 7.11 Å². The Labute approximate surface area is 149 Å². The molecule has 136 valence electrons. The second kappa shape index (κ2) is 8.48. The van der Waals surface area contributed by atoms with E-state index in [1.165, 1.54) is 5.56 Å². The molecular formula is C20H28N2O3. The van der Waals surface area contributed by atoms with Crippen LogP contribution in [0.25, 0.3) is 0 Å². The molecule has 2 fully saturated rings. The Hall–Kier alpha value is -1.88. The van der Waals surface area contributed by atoms with Gasteiger partial charge < -0.3 is 15.4 Å². The summed E-state index contributed by atoms with van der Waals surface area (Å²) in [5, 5.41) is 6.28. The van der Waals surface area contributed by atoms with Gasteiger partial charge in [0.15, 0.2) is 0 Å². The van der Waals surface area contributed by atoms with Crippen molar-refractivity contribution in [3.05, 3.63) is 35.9 Å². The number of hydrogen-bond acceptors (Lipinski definition) is 3. The van der Waals surface area contributed by atoms with Crippen LogP contribution in [0.3, 0.4) is 0 Å². The Morgan fingerprint density at radius 3 is 2.84 bits per heavy atom. The van der Waals surface area contributed by atoms with Gasteiger partial charge in [0.1, 0.15) is 0 Å². The van der Waals surface area contributed by atoms with E-state index in [4.69, 9.17) is 4.74 Å². The number of rotatable bonds is 6. The van der Waals surface area contributed by atoms with Crippen molar-refractivity contribution >= 4 is 11.8 Å². The molecular weight excluding hydrogens is 316 g/mol. The summed E-state index contributed by atoms with van der Waals surface area (Å²) in [6, 6.07) is 10.4. The van der Waals surface area contributed by atoms with E-state index in [1.807, 2.05) is 30.3 Å². The minimum absolute atomic E-state index is 0.0999. The molecule has 0 bridgehead atoms. The highest BCUT2D eigenvalue weighted by Gasteiger charge is 2.40. The SMILES string of the molecule is COCC1CC(=O)NC2CC(NC(=O)CCc3ccccc3)CCC12. The molecule has 1 heterocycles. The van der Waals surface area contributed by atoms with Crippen molar-refractivity contribution in [3.63, 3.8) is 0 Å². The largest absolute Gasteiger partial charge is 0.384 e. The zero-order valence-corrected chi connectivity index (χ0v) is 14.9. The summed E-state index contributed by atoms with van der Waals surface area (Å²) in [7, 11) is 1.69. The van der Waals surface area contributed by atoms with Gasteiger partial charge >= 0.3 is 0 Å². The van der Waals surface area contributed by atoms with E-state index in [0.717, 1.165) is 25.7 Å². The number of amides is 2. The molecule has 0 radical (unpaired) electrons. The van der Waals surface area contributed by atoms with Gasteiger partial charge in [0.2, 0.25) is 11.8 Å². The maximum Gasteiger partial charge on any atom is 0.220 e. The summed E-state index contributed by atoms with van der Waals surface area (Å²) < 4.78 is 5.29. The molecule has 1 aromatic carbocycles. The first-order chi connectivity index (χ1) is 12.2. The van der Waals surface area contributed by atoms with Gasteiger partial charge in [-0.2, -0.15) is 0 Å². The van der Waals surface area contributed by atoms with Crippen LogP contribution in [0.2, 0.25) is 0 Å². The lowest BCUT2D eigenvalue weighted by Crippen LogP contribution is -2.56. The zero-order valence-electron chi connectivity index (χ0n) is 14.9. The number of aryl methyl sites for hydroxylation is 1. The number of carbonyl (C=O) groups is 2. The predicted molar refractivity (Wildman–Crippen MR) is 95.9 cm³/mol.